The molecule has 3 atom stereocenters. The van der Waals surface area contributed by atoms with E-state index in [0.717, 1.165) is 5.92 Å². The molecule has 0 amide bonds. The molecule has 16 heavy (non-hydrogen) atoms. The monoisotopic (exact) mass is 225 g/mol. The predicted octanol–water partition coefficient (Wildman–Crippen LogP) is 2.51. The molecule has 1 fully saturated rings. The van der Waals surface area contributed by atoms with Gasteiger partial charge in [-0.25, -0.2) is 4.99 Å². The molecule has 0 saturated heterocycles. The van der Waals surface area contributed by atoms with Gasteiger partial charge < -0.3 is 11.1 Å². The summed E-state index contributed by atoms with van der Waals surface area (Å²) in [7, 11) is 0. The maximum atomic E-state index is 5.94. The molecule has 0 aromatic carbocycles. The van der Waals surface area contributed by atoms with Gasteiger partial charge in [-0.3, -0.25) is 0 Å². The van der Waals surface area contributed by atoms with Crippen molar-refractivity contribution in [3.63, 3.8) is 0 Å². The van der Waals surface area contributed by atoms with Gasteiger partial charge in [-0.2, -0.15) is 0 Å². The maximum Gasteiger partial charge on any atom is 0.189 e. The van der Waals surface area contributed by atoms with Crippen LogP contribution >= 0.6 is 0 Å². The zero-order chi connectivity index (χ0) is 12.3. The van der Waals surface area contributed by atoms with E-state index in [1.54, 1.807) is 0 Å². The highest BCUT2D eigenvalue weighted by molar-refractivity contribution is 5.78. The third-order valence-electron chi connectivity index (χ3n) is 3.47. The highest BCUT2D eigenvalue weighted by Crippen LogP contribution is 2.31. The molecule has 1 saturated carbocycles. The molecule has 1 rings (SSSR count). The second-order valence-corrected chi connectivity index (χ2v) is 6.22. The van der Waals surface area contributed by atoms with Gasteiger partial charge in [-0.15, -0.1) is 0 Å². The summed E-state index contributed by atoms with van der Waals surface area (Å²) in [6, 6.07) is 0.401. The Kier molecular flexibility index (Phi) is 4.22. The van der Waals surface area contributed by atoms with E-state index in [9.17, 15) is 0 Å². The molecule has 94 valence electrons. The first-order valence-corrected chi connectivity index (χ1v) is 6.41. The number of nitrogens with zero attached hydrogens (tertiary/aromatic N) is 1. The number of hydrogen-bond donors (Lipinski definition) is 2. The van der Waals surface area contributed by atoms with E-state index in [1.807, 2.05) is 0 Å². The molecule has 3 nitrogen and oxygen atoms in total. The fourth-order valence-corrected chi connectivity index (χ4v) is 2.33. The summed E-state index contributed by atoms with van der Waals surface area (Å²) in [4.78, 5) is 4.64. The Bertz CT molecular complexity index is 252. The molecule has 0 heterocycles. The smallest absolute Gasteiger partial charge is 0.189 e. The number of guanidine groups is 1. The van der Waals surface area contributed by atoms with Crippen LogP contribution in [0.25, 0.3) is 0 Å². The maximum absolute atomic E-state index is 5.94. The van der Waals surface area contributed by atoms with Crippen molar-refractivity contribution < 1.29 is 0 Å². The van der Waals surface area contributed by atoms with Crippen LogP contribution in [0.2, 0.25) is 0 Å². The number of nitrogens with one attached hydrogen (secondary N) is 1. The zero-order valence-electron chi connectivity index (χ0n) is 11.4. The topological polar surface area (TPSA) is 50.4 Å². The molecular weight excluding hydrogens is 198 g/mol. The Balaban J connectivity index is 2.60. The Hall–Kier alpha value is -0.730. The van der Waals surface area contributed by atoms with Crippen LogP contribution in [0, 0.1) is 11.8 Å². The number of hydrogen-bond acceptors (Lipinski definition) is 1. The van der Waals surface area contributed by atoms with Crippen LogP contribution in [0.15, 0.2) is 4.99 Å². The first-order chi connectivity index (χ1) is 7.29. The second-order valence-electron chi connectivity index (χ2n) is 6.22. The molecule has 3 unspecified atom stereocenters. The lowest BCUT2D eigenvalue weighted by molar-refractivity contribution is 0.240. The van der Waals surface area contributed by atoms with Crippen LogP contribution in [0.4, 0.5) is 0 Å². The summed E-state index contributed by atoms with van der Waals surface area (Å²) in [5.41, 5.74) is 5.93. The molecule has 3 heteroatoms. The lowest BCUT2D eigenvalue weighted by atomic mass is 9.78. The van der Waals surface area contributed by atoms with Gasteiger partial charge in [0.1, 0.15) is 0 Å². The van der Waals surface area contributed by atoms with Crippen molar-refractivity contribution in [1.29, 1.82) is 0 Å². The van der Waals surface area contributed by atoms with Gasteiger partial charge in [0.15, 0.2) is 5.96 Å². The first-order valence-electron chi connectivity index (χ1n) is 6.41. The Labute approximate surface area is 99.9 Å². The van der Waals surface area contributed by atoms with Crippen LogP contribution in [0.5, 0.6) is 0 Å². The van der Waals surface area contributed by atoms with E-state index in [0.29, 0.717) is 17.9 Å². The van der Waals surface area contributed by atoms with Gasteiger partial charge >= 0.3 is 0 Å². The van der Waals surface area contributed by atoms with Crippen LogP contribution in [0.3, 0.4) is 0 Å². The summed E-state index contributed by atoms with van der Waals surface area (Å²) in [5.74, 6) is 2.01. The van der Waals surface area contributed by atoms with Gasteiger partial charge in [-0.05, 0) is 39.0 Å². The minimum absolute atomic E-state index is 0.00287. The van der Waals surface area contributed by atoms with Gasteiger partial charge in [0, 0.05) is 5.54 Å². The van der Waals surface area contributed by atoms with Crippen LogP contribution < -0.4 is 11.1 Å². The average Bonchev–Trinajstić information content (AvgIpc) is 2.09. The van der Waals surface area contributed by atoms with Gasteiger partial charge in [0.2, 0.25) is 0 Å². The summed E-state index contributed by atoms with van der Waals surface area (Å²) in [6.07, 6.45) is 3.79. The summed E-state index contributed by atoms with van der Waals surface area (Å²) >= 11 is 0. The van der Waals surface area contributed by atoms with E-state index in [1.165, 1.54) is 19.3 Å². The minimum atomic E-state index is -0.00287. The first kappa shape index (κ1) is 13.3. The minimum Gasteiger partial charge on any atom is -0.370 e. The molecule has 0 aromatic rings. The molecule has 0 aliphatic heterocycles. The molecule has 1 aliphatic carbocycles. The third kappa shape index (κ3) is 4.03. The molecule has 0 bridgehead atoms. The fourth-order valence-electron chi connectivity index (χ4n) is 2.33. The number of aliphatic imine (C=N–C) groups is 1. The fraction of sp³-hybridized carbons (Fsp3) is 0.923. The van der Waals surface area contributed by atoms with Gasteiger partial charge in [0.25, 0.3) is 0 Å². The Morgan fingerprint density at radius 2 is 1.88 bits per heavy atom. The zero-order valence-corrected chi connectivity index (χ0v) is 11.4. The van der Waals surface area contributed by atoms with E-state index < -0.39 is 0 Å². The molecule has 3 N–H and O–H groups in total. The van der Waals surface area contributed by atoms with Crippen molar-refractivity contribution >= 4 is 5.96 Å². The van der Waals surface area contributed by atoms with Crippen molar-refractivity contribution in [1.82, 2.24) is 5.32 Å². The second kappa shape index (κ2) is 5.07. The molecule has 0 spiro atoms. The van der Waals surface area contributed by atoms with Gasteiger partial charge in [-0.1, -0.05) is 26.7 Å². The highest BCUT2D eigenvalue weighted by atomic mass is 15.1. The third-order valence-corrected chi connectivity index (χ3v) is 3.47. The van der Waals surface area contributed by atoms with Gasteiger partial charge in [0.05, 0.1) is 6.04 Å². The van der Waals surface area contributed by atoms with Crippen LogP contribution in [0.1, 0.15) is 53.9 Å². The molecule has 0 radical (unpaired) electrons. The van der Waals surface area contributed by atoms with E-state index in [-0.39, 0.29) is 5.54 Å². The lowest BCUT2D eigenvalue weighted by Gasteiger charge is -2.32. The van der Waals surface area contributed by atoms with Crippen molar-refractivity contribution in [2.75, 3.05) is 0 Å². The largest absolute Gasteiger partial charge is 0.370 e. The standard InChI is InChI=1S/C13H27N3/c1-9-7-6-8-11(10(9)2)15-12(14)16-13(3,4)5/h9-11H,6-8H2,1-5H3,(H3,14,15,16). The lowest BCUT2D eigenvalue weighted by Crippen LogP contribution is -2.46. The summed E-state index contributed by atoms with van der Waals surface area (Å²) in [5, 5.41) is 3.23. The molecule has 1 aliphatic rings. The molecule has 0 aromatic heterocycles. The average molecular weight is 225 g/mol. The van der Waals surface area contributed by atoms with Crippen molar-refractivity contribution in [2.24, 2.45) is 22.6 Å². The number of rotatable bonds is 1. The Morgan fingerprint density at radius 1 is 1.25 bits per heavy atom. The van der Waals surface area contributed by atoms with Crippen molar-refractivity contribution in [3.8, 4) is 0 Å². The van der Waals surface area contributed by atoms with Crippen LogP contribution in [-0.4, -0.2) is 17.5 Å². The van der Waals surface area contributed by atoms with E-state index in [4.69, 9.17) is 5.73 Å². The Morgan fingerprint density at radius 3 is 2.44 bits per heavy atom. The van der Waals surface area contributed by atoms with E-state index >= 15 is 0 Å². The normalized spacial score (nSPS) is 32.6. The van der Waals surface area contributed by atoms with Crippen LogP contribution in [-0.2, 0) is 0 Å². The summed E-state index contributed by atoms with van der Waals surface area (Å²) in [6.45, 7) is 10.9. The highest BCUT2D eigenvalue weighted by Gasteiger charge is 2.27. The quantitative estimate of drug-likeness (QED) is 0.532. The molecular formula is C13H27N3. The number of nitrogens with two attached hydrogens (primary N) is 1. The predicted molar refractivity (Wildman–Crippen MR) is 70.5 cm³/mol. The van der Waals surface area contributed by atoms with Crippen molar-refractivity contribution in [2.45, 2.75) is 65.5 Å². The summed E-state index contributed by atoms with van der Waals surface area (Å²) < 4.78 is 0. The SMILES string of the molecule is CC1CCCC(N=C(N)NC(C)(C)C)C1C. The van der Waals surface area contributed by atoms with Crippen molar-refractivity contribution in [3.05, 3.63) is 0 Å². The van der Waals surface area contributed by atoms with E-state index in [2.05, 4.69) is 44.9 Å².